The van der Waals surface area contributed by atoms with Crippen molar-refractivity contribution in [1.82, 2.24) is 30.0 Å². The Labute approximate surface area is 148 Å². The lowest BCUT2D eigenvalue weighted by Gasteiger charge is -2.25. The number of alkyl halides is 3. The third kappa shape index (κ3) is 3.40. The van der Waals surface area contributed by atoms with Gasteiger partial charge in [-0.15, -0.1) is 20.4 Å². The van der Waals surface area contributed by atoms with E-state index in [9.17, 15) is 13.2 Å². The Morgan fingerprint density at radius 2 is 1.80 bits per heavy atom. The van der Waals surface area contributed by atoms with Crippen molar-refractivity contribution in [3.63, 3.8) is 0 Å². The summed E-state index contributed by atoms with van der Waals surface area (Å²) < 4.78 is 40.1. The molecule has 1 fully saturated rings. The van der Waals surface area contributed by atoms with Crippen molar-refractivity contribution in [3.05, 3.63) is 18.0 Å². The Balaban J connectivity index is 1.57. The van der Waals surface area contributed by atoms with Crippen molar-refractivity contribution in [2.45, 2.75) is 34.8 Å². The molecule has 4 rings (SSSR count). The summed E-state index contributed by atoms with van der Waals surface area (Å²) >= 11 is 2.59. The van der Waals surface area contributed by atoms with Gasteiger partial charge in [0.1, 0.15) is 5.03 Å². The third-order valence-corrected chi connectivity index (χ3v) is 5.67. The Bertz CT molecular complexity index is 885. The molecule has 132 valence electrons. The summed E-state index contributed by atoms with van der Waals surface area (Å²) in [4.78, 5) is 2.18. The summed E-state index contributed by atoms with van der Waals surface area (Å²) in [6.07, 6.45) is -1.12. The van der Waals surface area contributed by atoms with Crippen molar-refractivity contribution in [1.29, 1.82) is 0 Å². The first-order valence-corrected chi connectivity index (χ1v) is 9.20. The molecule has 0 radical (unpaired) electrons. The highest BCUT2D eigenvalue weighted by Gasteiger charge is 2.37. The highest BCUT2D eigenvalue weighted by atomic mass is 32.2. The minimum Gasteiger partial charge on any atom is -0.347 e. The van der Waals surface area contributed by atoms with E-state index in [0.29, 0.717) is 13.9 Å². The highest BCUT2D eigenvalue weighted by molar-refractivity contribution is 8.01. The van der Waals surface area contributed by atoms with Gasteiger partial charge in [-0.3, -0.25) is 0 Å². The monoisotopic (exact) mass is 387 g/mol. The van der Waals surface area contributed by atoms with E-state index in [0.717, 1.165) is 31.1 Å². The number of hydrogen-bond donors (Lipinski definition) is 0. The fraction of sp³-hybridized carbons (Fsp3) is 0.462. The molecule has 0 aromatic carbocycles. The molecule has 0 bridgehead atoms. The van der Waals surface area contributed by atoms with E-state index in [1.54, 1.807) is 6.07 Å². The second-order valence-electron chi connectivity index (χ2n) is 5.46. The molecule has 7 nitrogen and oxygen atoms in total. The van der Waals surface area contributed by atoms with Gasteiger partial charge in [-0.25, -0.2) is 0 Å². The molecule has 12 heteroatoms. The van der Waals surface area contributed by atoms with Gasteiger partial charge < -0.3 is 4.90 Å². The lowest BCUT2D eigenvalue weighted by atomic mass is 10.1. The number of aromatic nitrogens is 6. The number of anilines is 1. The Morgan fingerprint density at radius 1 is 1.00 bits per heavy atom. The molecule has 3 aromatic heterocycles. The average Bonchev–Trinajstić information content (AvgIpc) is 3.22. The molecule has 0 aliphatic carbocycles. The SMILES string of the molecule is FC(F)(F)c1nnc2ccc(Sc3nnc(N4CCCCC4)s3)nn12. The Morgan fingerprint density at radius 3 is 2.56 bits per heavy atom. The topological polar surface area (TPSA) is 72.1 Å². The second kappa shape index (κ2) is 6.41. The number of nitrogens with zero attached hydrogens (tertiary/aromatic N) is 7. The van der Waals surface area contributed by atoms with Crippen LogP contribution < -0.4 is 4.90 Å². The summed E-state index contributed by atoms with van der Waals surface area (Å²) in [5, 5.41) is 20.1. The van der Waals surface area contributed by atoms with Crippen LogP contribution in [0.5, 0.6) is 0 Å². The molecule has 3 aromatic rings. The fourth-order valence-electron chi connectivity index (χ4n) is 2.55. The zero-order valence-corrected chi connectivity index (χ0v) is 14.4. The fourth-order valence-corrected chi connectivity index (χ4v) is 4.35. The van der Waals surface area contributed by atoms with Gasteiger partial charge in [0, 0.05) is 13.1 Å². The summed E-state index contributed by atoms with van der Waals surface area (Å²) in [6.45, 7) is 1.91. The van der Waals surface area contributed by atoms with Crippen molar-refractivity contribution in [2.24, 2.45) is 0 Å². The van der Waals surface area contributed by atoms with Crippen LogP contribution in [-0.2, 0) is 6.18 Å². The maximum absolute atomic E-state index is 12.9. The van der Waals surface area contributed by atoms with E-state index < -0.39 is 12.0 Å². The maximum Gasteiger partial charge on any atom is 0.453 e. The second-order valence-corrected chi connectivity index (χ2v) is 7.69. The molecular weight excluding hydrogens is 375 g/mol. The molecule has 0 N–H and O–H groups in total. The zero-order chi connectivity index (χ0) is 17.4. The Kier molecular flexibility index (Phi) is 4.23. The van der Waals surface area contributed by atoms with Gasteiger partial charge in [0.25, 0.3) is 5.82 Å². The normalized spacial score (nSPS) is 15.9. The predicted octanol–water partition coefficient (Wildman–Crippen LogP) is 3.14. The molecule has 25 heavy (non-hydrogen) atoms. The molecule has 0 amide bonds. The molecular formula is C13H12F3N7S2. The standard InChI is InChI=1S/C13H12F3N7S2/c14-13(15,16)10-18-17-8-4-5-9(21-23(8)10)24-12-20-19-11(25-12)22-6-2-1-3-7-22/h4-5H,1-3,6-7H2. The molecule has 0 atom stereocenters. The predicted molar refractivity (Wildman–Crippen MR) is 85.9 cm³/mol. The third-order valence-electron chi connectivity index (χ3n) is 3.71. The van der Waals surface area contributed by atoms with Gasteiger partial charge in [0.15, 0.2) is 9.99 Å². The van der Waals surface area contributed by atoms with Crippen molar-refractivity contribution in [3.8, 4) is 0 Å². The molecule has 0 spiro atoms. The zero-order valence-electron chi connectivity index (χ0n) is 12.8. The molecule has 4 heterocycles. The van der Waals surface area contributed by atoms with Crippen LogP contribution in [0.1, 0.15) is 25.1 Å². The van der Waals surface area contributed by atoms with Gasteiger partial charge in [0.05, 0.1) is 0 Å². The molecule has 1 saturated heterocycles. The van der Waals surface area contributed by atoms with E-state index in [4.69, 9.17) is 0 Å². The van der Waals surface area contributed by atoms with Crippen LogP contribution in [-0.4, -0.2) is 43.1 Å². The van der Waals surface area contributed by atoms with Crippen molar-refractivity contribution in [2.75, 3.05) is 18.0 Å². The minimum absolute atomic E-state index is 0.0444. The quantitative estimate of drug-likeness (QED) is 0.684. The van der Waals surface area contributed by atoms with Gasteiger partial charge in [-0.2, -0.15) is 22.8 Å². The van der Waals surface area contributed by atoms with Crippen LogP contribution in [0.15, 0.2) is 21.5 Å². The smallest absolute Gasteiger partial charge is 0.347 e. The van der Waals surface area contributed by atoms with Gasteiger partial charge in [0.2, 0.25) is 5.13 Å². The number of fused-ring (bicyclic) bond motifs is 1. The molecule has 1 aliphatic rings. The number of rotatable bonds is 3. The molecule has 0 saturated carbocycles. The minimum atomic E-state index is -4.61. The van der Waals surface area contributed by atoms with Crippen LogP contribution in [0.25, 0.3) is 5.65 Å². The van der Waals surface area contributed by atoms with Gasteiger partial charge >= 0.3 is 6.18 Å². The summed E-state index contributed by atoms with van der Waals surface area (Å²) in [5.74, 6) is -1.14. The lowest BCUT2D eigenvalue weighted by Crippen LogP contribution is -2.29. The molecule has 0 unspecified atom stereocenters. The van der Waals surface area contributed by atoms with Crippen molar-refractivity contribution < 1.29 is 13.2 Å². The molecule has 1 aliphatic heterocycles. The lowest BCUT2D eigenvalue weighted by molar-refractivity contribution is -0.146. The van der Waals surface area contributed by atoms with E-state index in [2.05, 4.69) is 30.4 Å². The van der Waals surface area contributed by atoms with Crippen LogP contribution in [0, 0.1) is 0 Å². The first-order chi connectivity index (χ1) is 12.0. The first kappa shape index (κ1) is 16.5. The van der Waals surface area contributed by atoms with E-state index in [1.165, 1.54) is 35.6 Å². The van der Waals surface area contributed by atoms with Crippen LogP contribution in [0.3, 0.4) is 0 Å². The van der Waals surface area contributed by atoms with Gasteiger partial charge in [-0.05, 0) is 43.2 Å². The van der Waals surface area contributed by atoms with E-state index in [-0.39, 0.29) is 5.65 Å². The first-order valence-electron chi connectivity index (χ1n) is 7.57. The van der Waals surface area contributed by atoms with Crippen LogP contribution in [0.4, 0.5) is 18.3 Å². The summed E-state index contributed by atoms with van der Waals surface area (Å²) in [5.41, 5.74) is 0.0444. The van der Waals surface area contributed by atoms with Crippen molar-refractivity contribution >= 4 is 33.9 Å². The number of hydrogen-bond acceptors (Lipinski definition) is 8. The van der Waals surface area contributed by atoms with E-state index >= 15 is 0 Å². The highest BCUT2D eigenvalue weighted by Crippen LogP contribution is 2.34. The maximum atomic E-state index is 12.9. The summed E-state index contributed by atoms with van der Waals surface area (Å²) in [7, 11) is 0. The van der Waals surface area contributed by atoms with E-state index in [1.807, 2.05) is 0 Å². The number of piperidine rings is 1. The Hall–Kier alpha value is -1.95. The number of halogens is 3. The van der Waals surface area contributed by atoms with Gasteiger partial charge in [-0.1, -0.05) is 11.3 Å². The average molecular weight is 387 g/mol. The van der Waals surface area contributed by atoms with Crippen LogP contribution >= 0.6 is 23.1 Å². The largest absolute Gasteiger partial charge is 0.453 e. The van der Waals surface area contributed by atoms with Crippen LogP contribution in [0.2, 0.25) is 0 Å². The summed E-state index contributed by atoms with van der Waals surface area (Å²) in [6, 6.07) is 3.04.